The Bertz CT molecular complexity index is 940. The highest BCUT2D eigenvalue weighted by molar-refractivity contribution is 6.34. The maximum absolute atomic E-state index is 14.1. The number of carbonyl (C=O) groups excluding carboxylic acids is 2. The summed E-state index contributed by atoms with van der Waals surface area (Å²) in [6.45, 7) is 3.96. The highest BCUT2D eigenvalue weighted by Gasteiger charge is 2.34. The Labute approximate surface area is 173 Å². The van der Waals surface area contributed by atoms with E-state index in [2.05, 4.69) is 0 Å². The van der Waals surface area contributed by atoms with Gasteiger partial charge in [0.2, 0.25) is 5.91 Å². The molecule has 0 radical (unpaired) electrons. The van der Waals surface area contributed by atoms with Crippen LogP contribution in [0.4, 0.5) is 14.5 Å². The van der Waals surface area contributed by atoms with Crippen molar-refractivity contribution in [2.75, 3.05) is 18.6 Å². The van der Waals surface area contributed by atoms with Crippen LogP contribution in [0.5, 0.6) is 0 Å². The topological polar surface area (TPSA) is 46.6 Å². The normalized spacial score (nSPS) is 19.4. The number of ether oxygens (including phenoxy) is 1. The smallest absolute Gasteiger partial charge is 0.337 e. The summed E-state index contributed by atoms with van der Waals surface area (Å²) in [6, 6.07) is 6.67. The molecule has 7 heteroatoms. The first-order chi connectivity index (χ1) is 13.7. The first kappa shape index (κ1) is 21.2. The second-order valence-electron chi connectivity index (χ2n) is 7.51. The molecule has 0 unspecified atom stereocenters. The van der Waals surface area contributed by atoms with Gasteiger partial charge >= 0.3 is 5.97 Å². The molecule has 0 spiro atoms. The molecular formula is C22H22ClF2NO3. The number of esters is 1. The molecule has 1 amide bonds. The first-order valence-corrected chi connectivity index (χ1v) is 9.72. The van der Waals surface area contributed by atoms with Gasteiger partial charge in [-0.1, -0.05) is 24.6 Å². The van der Waals surface area contributed by atoms with E-state index in [1.807, 2.05) is 6.92 Å². The van der Waals surface area contributed by atoms with E-state index >= 15 is 0 Å². The van der Waals surface area contributed by atoms with E-state index < -0.39 is 17.6 Å². The number of hydrogen-bond acceptors (Lipinski definition) is 3. The van der Waals surface area contributed by atoms with E-state index in [-0.39, 0.29) is 22.8 Å². The van der Waals surface area contributed by atoms with Crippen molar-refractivity contribution in [2.45, 2.75) is 26.7 Å². The third-order valence-corrected chi connectivity index (χ3v) is 5.57. The average Bonchev–Trinajstić information content (AvgIpc) is 2.66. The van der Waals surface area contributed by atoms with Crippen molar-refractivity contribution in [1.29, 1.82) is 0 Å². The number of halogens is 3. The maximum Gasteiger partial charge on any atom is 0.337 e. The predicted octanol–water partition coefficient (Wildman–Crippen LogP) is 4.94. The molecule has 3 rings (SSSR count). The van der Waals surface area contributed by atoms with Gasteiger partial charge in [0.1, 0.15) is 11.6 Å². The van der Waals surface area contributed by atoms with Crippen molar-refractivity contribution in [3.05, 3.63) is 63.7 Å². The summed E-state index contributed by atoms with van der Waals surface area (Å²) in [5.41, 5.74) is 1.94. The lowest BCUT2D eigenvalue weighted by Gasteiger charge is -2.37. The number of methoxy groups -OCH3 is 1. The summed E-state index contributed by atoms with van der Waals surface area (Å²) in [4.78, 5) is 26.3. The van der Waals surface area contributed by atoms with Crippen molar-refractivity contribution >= 4 is 29.2 Å². The van der Waals surface area contributed by atoms with Gasteiger partial charge in [-0.05, 0) is 55.0 Å². The van der Waals surface area contributed by atoms with Crippen LogP contribution in [0.25, 0.3) is 0 Å². The zero-order valence-corrected chi connectivity index (χ0v) is 17.2. The van der Waals surface area contributed by atoms with Crippen molar-refractivity contribution in [3.63, 3.8) is 0 Å². The Balaban J connectivity index is 1.90. The number of benzene rings is 2. The lowest BCUT2D eigenvalue weighted by atomic mass is 9.85. The van der Waals surface area contributed by atoms with Crippen LogP contribution < -0.4 is 4.90 Å². The molecule has 0 bridgehead atoms. The van der Waals surface area contributed by atoms with E-state index in [0.29, 0.717) is 41.8 Å². The molecule has 0 N–H and O–H groups in total. The van der Waals surface area contributed by atoms with Crippen molar-refractivity contribution < 1.29 is 23.1 Å². The van der Waals surface area contributed by atoms with Crippen molar-refractivity contribution in [2.24, 2.45) is 11.8 Å². The van der Waals surface area contributed by atoms with Gasteiger partial charge in [0.25, 0.3) is 0 Å². The Hall–Kier alpha value is -2.47. The number of amides is 1. The van der Waals surface area contributed by atoms with Gasteiger partial charge in [-0.2, -0.15) is 0 Å². The third-order valence-electron chi connectivity index (χ3n) is 5.28. The molecule has 2 atom stereocenters. The van der Waals surface area contributed by atoms with Gasteiger partial charge in [-0.25, -0.2) is 13.6 Å². The zero-order chi connectivity index (χ0) is 21.3. The van der Waals surface area contributed by atoms with E-state index in [0.717, 1.165) is 6.07 Å². The van der Waals surface area contributed by atoms with Gasteiger partial charge in [0.15, 0.2) is 0 Å². The number of rotatable bonds is 4. The zero-order valence-electron chi connectivity index (χ0n) is 16.5. The van der Waals surface area contributed by atoms with E-state index in [9.17, 15) is 18.4 Å². The number of anilines is 1. The van der Waals surface area contributed by atoms with Crippen LogP contribution in [0.15, 0.2) is 30.3 Å². The van der Waals surface area contributed by atoms with Gasteiger partial charge in [0, 0.05) is 18.5 Å². The first-order valence-electron chi connectivity index (χ1n) is 9.35. The van der Waals surface area contributed by atoms with Crippen LogP contribution in [0.1, 0.15) is 34.8 Å². The molecular weight excluding hydrogens is 400 g/mol. The second-order valence-corrected chi connectivity index (χ2v) is 7.91. The lowest BCUT2D eigenvalue weighted by molar-refractivity contribution is -0.124. The number of aryl methyl sites for hydroxylation is 1. The second kappa shape index (κ2) is 8.49. The average molecular weight is 422 g/mol. The largest absolute Gasteiger partial charge is 0.465 e. The molecule has 29 heavy (non-hydrogen) atoms. The van der Waals surface area contributed by atoms with Crippen LogP contribution in [0.3, 0.4) is 0 Å². The standard InChI is InChI=1S/C22H22ClF2NO3/c1-12-7-16(22(28)29-3)9-18(23)20(12)26-11-14(6-13(2)21(26)27)8-15-4-5-17(24)10-19(15)25/h4-5,7,9-10,13-14H,6,8,11H2,1-3H3/t13-,14-/m1/s1. The van der Waals surface area contributed by atoms with Crippen LogP contribution in [-0.4, -0.2) is 25.5 Å². The van der Waals surface area contributed by atoms with Crippen LogP contribution in [-0.2, 0) is 16.0 Å². The monoisotopic (exact) mass is 421 g/mol. The predicted molar refractivity (Wildman–Crippen MR) is 107 cm³/mol. The molecule has 2 aromatic rings. The molecule has 0 saturated carbocycles. The van der Waals surface area contributed by atoms with Gasteiger partial charge in [-0.3, -0.25) is 4.79 Å². The molecule has 1 heterocycles. The molecule has 1 aliphatic rings. The lowest BCUT2D eigenvalue weighted by Crippen LogP contribution is -2.45. The maximum atomic E-state index is 14.1. The Morgan fingerprint density at radius 1 is 1.28 bits per heavy atom. The molecule has 2 aromatic carbocycles. The minimum absolute atomic E-state index is 0.0154. The van der Waals surface area contributed by atoms with Crippen molar-refractivity contribution in [1.82, 2.24) is 0 Å². The van der Waals surface area contributed by atoms with Crippen LogP contribution in [0, 0.1) is 30.4 Å². The molecule has 4 nitrogen and oxygen atoms in total. The highest BCUT2D eigenvalue weighted by atomic mass is 35.5. The minimum atomic E-state index is -0.617. The molecule has 0 aliphatic carbocycles. The molecule has 1 saturated heterocycles. The molecule has 1 fully saturated rings. The van der Waals surface area contributed by atoms with E-state index in [4.69, 9.17) is 16.3 Å². The minimum Gasteiger partial charge on any atom is -0.465 e. The molecule has 154 valence electrons. The SMILES string of the molecule is COC(=O)c1cc(C)c(N2C[C@@H](Cc3ccc(F)cc3F)C[C@@H](C)C2=O)c(Cl)c1. The quantitative estimate of drug-likeness (QED) is 0.656. The number of hydrogen-bond donors (Lipinski definition) is 0. The fourth-order valence-corrected chi connectivity index (χ4v) is 4.32. The van der Waals surface area contributed by atoms with Crippen LogP contribution in [0.2, 0.25) is 5.02 Å². The highest BCUT2D eigenvalue weighted by Crippen LogP contribution is 2.37. The van der Waals surface area contributed by atoms with Gasteiger partial charge < -0.3 is 9.64 Å². The van der Waals surface area contributed by atoms with Crippen LogP contribution >= 0.6 is 11.6 Å². The Kier molecular flexibility index (Phi) is 6.22. The number of carbonyl (C=O) groups is 2. The summed E-state index contributed by atoms with van der Waals surface area (Å²) < 4.78 is 32.0. The summed E-state index contributed by atoms with van der Waals surface area (Å²) in [5.74, 6) is -2.07. The summed E-state index contributed by atoms with van der Waals surface area (Å²) in [6.07, 6.45) is 0.986. The number of piperidine rings is 1. The Morgan fingerprint density at radius 3 is 2.62 bits per heavy atom. The van der Waals surface area contributed by atoms with Gasteiger partial charge in [0.05, 0.1) is 23.4 Å². The fourth-order valence-electron chi connectivity index (χ4n) is 3.95. The third kappa shape index (κ3) is 4.42. The fraction of sp³-hybridized carbons (Fsp3) is 0.364. The summed E-state index contributed by atoms with van der Waals surface area (Å²) >= 11 is 6.43. The van der Waals surface area contributed by atoms with E-state index in [1.54, 1.807) is 17.9 Å². The summed E-state index contributed by atoms with van der Waals surface area (Å²) in [7, 11) is 1.29. The van der Waals surface area contributed by atoms with Crippen molar-refractivity contribution in [3.8, 4) is 0 Å². The molecule has 0 aromatic heterocycles. The molecule has 1 aliphatic heterocycles. The summed E-state index contributed by atoms with van der Waals surface area (Å²) in [5, 5.41) is 0.277. The Morgan fingerprint density at radius 2 is 2.00 bits per heavy atom. The number of nitrogens with zero attached hydrogens (tertiary/aromatic N) is 1. The van der Waals surface area contributed by atoms with Gasteiger partial charge in [-0.15, -0.1) is 0 Å². The van der Waals surface area contributed by atoms with E-state index in [1.165, 1.54) is 25.3 Å².